The first kappa shape index (κ1) is 20.7. The maximum absolute atomic E-state index is 12.3. The number of piperazine rings is 1. The molecule has 148 valence electrons. The topological polar surface area (TPSA) is 79.0 Å². The van der Waals surface area contributed by atoms with Crippen LogP contribution in [-0.4, -0.2) is 66.0 Å². The lowest BCUT2D eigenvalue weighted by molar-refractivity contribution is -0.139. The molecule has 3 amide bonds. The summed E-state index contributed by atoms with van der Waals surface area (Å²) in [7, 11) is 0. The van der Waals surface area contributed by atoms with Crippen LogP contribution in [0.5, 0.6) is 0 Å². The average molecular weight is 375 g/mol. The molecule has 1 fully saturated rings. The van der Waals surface area contributed by atoms with Crippen LogP contribution < -0.4 is 5.32 Å². The van der Waals surface area contributed by atoms with Crippen LogP contribution in [0.15, 0.2) is 30.3 Å². The van der Waals surface area contributed by atoms with Crippen molar-refractivity contribution in [2.24, 2.45) is 0 Å². The first-order valence-electron chi connectivity index (χ1n) is 9.31. The molecule has 7 nitrogen and oxygen atoms in total. The number of alkyl carbamates (subject to hydrolysis) is 1. The van der Waals surface area contributed by atoms with Crippen LogP contribution in [0.1, 0.15) is 32.8 Å². The Morgan fingerprint density at radius 1 is 0.963 bits per heavy atom. The van der Waals surface area contributed by atoms with Crippen molar-refractivity contribution in [3.8, 4) is 0 Å². The van der Waals surface area contributed by atoms with Crippen molar-refractivity contribution in [2.45, 2.75) is 39.2 Å². The van der Waals surface area contributed by atoms with Gasteiger partial charge in [0.1, 0.15) is 12.1 Å². The van der Waals surface area contributed by atoms with Gasteiger partial charge in [-0.05, 0) is 32.8 Å². The van der Waals surface area contributed by atoms with Crippen molar-refractivity contribution in [3.05, 3.63) is 35.9 Å². The van der Waals surface area contributed by atoms with E-state index in [2.05, 4.69) is 5.32 Å². The molecular weight excluding hydrogens is 346 g/mol. The molecule has 1 heterocycles. The van der Waals surface area contributed by atoms with E-state index >= 15 is 0 Å². The van der Waals surface area contributed by atoms with Crippen molar-refractivity contribution in [1.82, 2.24) is 15.1 Å². The second kappa shape index (κ2) is 9.39. The number of hydrogen-bond donors (Lipinski definition) is 1. The highest BCUT2D eigenvalue weighted by atomic mass is 16.6. The molecule has 0 atom stereocenters. The maximum Gasteiger partial charge on any atom is 0.408 e. The van der Waals surface area contributed by atoms with Crippen LogP contribution in [-0.2, 0) is 20.7 Å². The minimum Gasteiger partial charge on any atom is -0.444 e. The third kappa shape index (κ3) is 7.29. The SMILES string of the molecule is CC(C)(C)OC(=O)NCC(=O)N1CCN(C(=O)CCc2ccccc2)CC1. The molecule has 1 saturated heterocycles. The Hall–Kier alpha value is -2.57. The number of benzene rings is 1. The Bertz CT molecular complexity index is 647. The molecule has 1 aliphatic rings. The fourth-order valence-electron chi connectivity index (χ4n) is 2.83. The van der Waals surface area contributed by atoms with E-state index in [-0.39, 0.29) is 18.4 Å². The summed E-state index contributed by atoms with van der Waals surface area (Å²) in [5, 5.41) is 2.48. The summed E-state index contributed by atoms with van der Waals surface area (Å²) in [6.45, 7) is 7.19. The number of amides is 3. The lowest BCUT2D eigenvalue weighted by Gasteiger charge is -2.35. The lowest BCUT2D eigenvalue weighted by Crippen LogP contribution is -2.52. The minimum absolute atomic E-state index is 0.100. The first-order chi connectivity index (χ1) is 12.7. The van der Waals surface area contributed by atoms with Gasteiger partial charge in [-0.2, -0.15) is 0 Å². The predicted octanol–water partition coefficient (Wildman–Crippen LogP) is 1.81. The molecule has 0 saturated carbocycles. The molecule has 1 aliphatic heterocycles. The van der Waals surface area contributed by atoms with Gasteiger partial charge in [0, 0.05) is 32.6 Å². The van der Waals surface area contributed by atoms with Gasteiger partial charge in [0.15, 0.2) is 0 Å². The number of aryl methyl sites for hydroxylation is 1. The third-order valence-corrected chi connectivity index (χ3v) is 4.24. The van der Waals surface area contributed by atoms with E-state index in [1.165, 1.54) is 0 Å². The molecule has 1 aromatic carbocycles. The van der Waals surface area contributed by atoms with Gasteiger partial charge in [-0.1, -0.05) is 30.3 Å². The standard InChI is InChI=1S/C20H29N3O4/c1-20(2,3)27-19(26)21-15-18(25)23-13-11-22(12-14-23)17(24)10-9-16-7-5-4-6-8-16/h4-8H,9-15H2,1-3H3,(H,21,26). The highest BCUT2D eigenvalue weighted by molar-refractivity contribution is 5.83. The summed E-state index contributed by atoms with van der Waals surface area (Å²) >= 11 is 0. The largest absolute Gasteiger partial charge is 0.444 e. The maximum atomic E-state index is 12.3. The zero-order chi connectivity index (χ0) is 19.9. The van der Waals surface area contributed by atoms with E-state index in [0.717, 1.165) is 12.0 Å². The van der Waals surface area contributed by atoms with E-state index in [4.69, 9.17) is 4.74 Å². The highest BCUT2D eigenvalue weighted by Gasteiger charge is 2.24. The van der Waals surface area contributed by atoms with E-state index in [1.807, 2.05) is 30.3 Å². The van der Waals surface area contributed by atoms with Gasteiger partial charge in [-0.15, -0.1) is 0 Å². The van der Waals surface area contributed by atoms with E-state index in [9.17, 15) is 14.4 Å². The Morgan fingerprint density at radius 2 is 1.52 bits per heavy atom. The molecule has 0 bridgehead atoms. The summed E-state index contributed by atoms with van der Waals surface area (Å²) in [5.41, 5.74) is 0.548. The monoisotopic (exact) mass is 375 g/mol. The summed E-state index contributed by atoms with van der Waals surface area (Å²) in [5.74, 6) is -0.0601. The van der Waals surface area contributed by atoms with Gasteiger partial charge in [-0.3, -0.25) is 9.59 Å². The molecule has 1 aromatic rings. The number of carbonyl (C=O) groups is 3. The second-order valence-corrected chi connectivity index (χ2v) is 7.60. The lowest BCUT2D eigenvalue weighted by atomic mass is 10.1. The number of ether oxygens (including phenoxy) is 1. The molecule has 0 radical (unpaired) electrons. The molecule has 0 unspecified atom stereocenters. The number of nitrogens with one attached hydrogen (secondary N) is 1. The normalized spacial score (nSPS) is 14.6. The molecule has 0 aliphatic carbocycles. The van der Waals surface area contributed by atoms with Gasteiger partial charge < -0.3 is 19.9 Å². The number of hydrogen-bond acceptors (Lipinski definition) is 4. The average Bonchev–Trinajstić information content (AvgIpc) is 2.64. The van der Waals surface area contributed by atoms with Crippen molar-refractivity contribution >= 4 is 17.9 Å². The summed E-state index contributed by atoms with van der Waals surface area (Å²) in [6.07, 6.45) is 0.585. The second-order valence-electron chi connectivity index (χ2n) is 7.60. The molecule has 1 N–H and O–H groups in total. The third-order valence-electron chi connectivity index (χ3n) is 4.24. The predicted molar refractivity (Wildman–Crippen MR) is 102 cm³/mol. The number of nitrogens with zero attached hydrogens (tertiary/aromatic N) is 2. The van der Waals surface area contributed by atoms with Crippen molar-refractivity contribution in [3.63, 3.8) is 0 Å². The van der Waals surface area contributed by atoms with E-state index < -0.39 is 11.7 Å². The highest BCUT2D eigenvalue weighted by Crippen LogP contribution is 2.09. The van der Waals surface area contributed by atoms with Crippen LogP contribution in [0.2, 0.25) is 0 Å². The number of rotatable bonds is 5. The van der Waals surface area contributed by atoms with Gasteiger partial charge in [0.05, 0.1) is 0 Å². The fraction of sp³-hybridized carbons (Fsp3) is 0.550. The Kier molecular flexibility index (Phi) is 7.21. The Balaban J connectivity index is 1.68. The van der Waals surface area contributed by atoms with Gasteiger partial charge in [0.2, 0.25) is 11.8 Å². The van der Waals surface area contributed by atoms with E-state index in [0.29, 0.717) is 32.6 Å². The summed E-state index contributed by atoms with van der Waals surface area (Å²) < 4.78 is 5.11. The van der Waals surface area contributed by atoms with Crippen LogP contribution in [0.3, 0.4) is 0 Å². The quantitative estimate of drug-likeness (QED) is 0.851. The van der Waals surface area contributed by atoms with Crippen molar-refractivity contribution in [2.75, 3.05) is 32.7 Å². The summed E-state index contributed by atoms with van der Waals surface area (Å²) in [4.78, 5) is 39.6. The van der Waals surface area contributed by atoms with Gasteiger partial charge in [-0.25, -0.2) is 4.79 Å². The zero-order valence-electron chi connectivity index (χ0n) is 16.4. The zero-order valence-corrected chi connectivity index (χ0v) is 16.4. The molecule has 0 aromatic heterocycles. The molecule has 0 spiro atoms. The Morgan fingerprint density at radius 3 is 2.07 bits per heavy atom. The van der Waals surface area contributed by atoms with Crippen LogP contribution in [0.25, 0.3) is 0 Å². The van der Waals surface area contributed by atoms with Crippen molar-refractivity contribution < 1.29 is 19.1 Å². The Labute approximate surface area is 160 Å². The number of carbonyl (C=O) groups excluding carboxylic acids is 3. The van der Waals surface area contributed by atoms with Crippen molar-refractivity contribution in [1.29, 1.82) is 0 Å². The molecule has 27 heavy (non-hydrogen) atoms. The minimum atomic E-state index is -0.606. The summed E-state index contributed by atoms with van der Waals surface area (Å²) in [6, 6.07) is 9.92. The van der Waals surface area contributed by atoms with Gasteiger partial charge >= 0.3 is 6.09 Å². The molecular formula is C20H29N3O4. The van der Waals surface area contributed by atoms with Crippen LogP contribution >= 0.6 is 0 Å². The first-order valence-corrected chi connectivity index (χ1v) is 9.31. The van der Waals surface area contributed by atoms with Gasteiger partial charge in [0.25, 0.3) is 0 Å². The van der Waals surface area contributed by atoms with Crippen LogP contribution in [0, 0.1) is 0 Å². The molecule has 7 heteroatoms. The fourth-order valence-corrected chi connectivity index (χ4v) is 2.83. The van der Waals surface area contributed by atoms with E-state index in [1.54, 1.807) is 30.6 Å². The smallest absolute Gasteiger partial charge is 0.408 e. The molecule has 2 rings (SSSR count). The van der Waals surface area contributed by atoms with Crippen LogP contribution in [0.4, 0.5) is 4.79 Å².